The molecule has 4 rings (SSSR count). The lowest BCUT2D eigenvalue weighted by molar-refractivity contribution is -0.129. The number of hydrogen-bond donors (Lipinski definition) is 2. The lowest BCUT2D eigenvalue weighted by Crippen LogP contribution is -2.41. The molecular formula is C29H38FN5O5. The molecule has 11 heteroatoms. The Morgan fingerprint density at radius 3 is 2.75 bits per heavy atom. The Bertz CT molecular complexity index is 1340. The summed E-state index contributed by atoms with van der Waals surface area (Å²) in [5.41, 5.74) is 8.30. The molecule has 0 radical (unpaired) electrons. The van der Waals surface area contributed by atoms with Gasteiger partial charge in [-0.15, -0.1) is 0 Å². The van der Waals surface area contributed by atoms with Crippen molar-refractivity contribution in [1.82, 2.24) is 14.8 Å². The van der Waals surface area contributed by atoms with Crippen LogP contribution in [0, 0.1) is 17.1 Å². The van der Waals surface area contributed by atoms with E-state index in [1.165, 1.54) is 6.07 Å². The number of amides is 1. The molecule has 10 nitrogen and oxygen atoms in total. The third-order valence-corrected chi connectivity index (χ3v) is 6.66. The fraction of sp³-hybridized carbons (Fsp3) is 0.483. The van der Waals surface area contributed by atoms with Gasteiger partial charge in [-0.1, -0.05) is 18.2 Å². The standard InChI is InChI=1S/C22H24FN3O3.C7H14N2O2/c1-25(12-13-28-2)10-11-26-20-15-18(7-8-21(20)29-22(26)27)17-6-5-16(4-3-9-24)19(23)14-17;8-7(10)6-5-9-3-1-2-4-11-6/h5-8,14-15H,3-4,10-13H2,1-2H3;6,9H,1-5H2,(H2,8,10). The number of fused-ring (bicyclic) bond motifs is 1. The molecule has 2 heterocycles. The predicted molar refractivity (Wildman–Crippen MR) is 150 cm³/mol. The van der Waals surface area contributed by atoms with Crippen LogP contribution in [0.2, 0.25) is 0 Å². The molecule has 1 atom stereocenters. The highest BCUT2D eigenvalue weighted by Gasteiger charge is 2.16. The first-order valence-electron chi connectivity index (χ1n) is 13.4. The number of benzene rings is 2. The Hall–Kier alpha value is -3.56. The summed E-state index contributed by atoms with van der Waals surface area (Å²) in [6.07, 6.45) is 2.33. The van der Waals surface area contributed by atoms with Crippen LogP contribution >= 0.6 is 0 Å². The van der Waals surface area contributed by atoms with E-state index in [0.717, 1.165) is 31.5 Å². The van der Waals surface area contributed by atoms with E-state index in [-0.39, 0.29) is 18.1 Å². The van der Waals surface area contributed by atoms with Gasteiger partial charge in [-0.25, -0.2) is 9.18 Å². The SMILES string of the molecule is COCCN(C)CCn1c(=O)oc2ccc(-c3ccc(CCC#N)c(F)c3)cc21.NC(=O)C1CNCCCCO1. The second kappa shape index (κ2) is 15.9. The van der Waals surface area contributed by atoms with Gasteiger partial charge in [-0.2, -0.15) is 5.26 Å². The van der Waals surface area contributed by atoms with Gasteiger partial charge in [0.1, 0.15) is 11.9 Å². The molecule has 2 aromatic carbocycles. The van der Waals surface area contributed by atoms with Gasteiger partial charge in [0.25, 0.3) is 0 Å². The number of methoxy groups -OCH3 is 1. The molecule has 3 N–H and O–H groups in total. The van der Waals surface area contributed by atoms with E-state index in [9.17, 15) is 14.0 Å². The molecule has 1 saturated heterocycles. The fourth-order valence-electron chi connectivity index (χ4n) is 4.26. The molecule has 3 aromatic rings. The van der Waals surface area contributed by atoms with Crippen LogP contribution in [0.4, 0.5) is 4.39 Å². The van der Waals surface area contributed by atoms with Crippen LogP contribution in [0.3, 0.4) is 0 Å². The highest BCUT2D eigenvalue weighted by molar-refractivity contribution is 5.81. The third kappa shape index (κ3) is 8.99. The van der Waals surface area contributed by atoms with Gasteiger partial charge in [-0.05, 0) is 67.7 Å². The smallest absolute Gasteiger partial charge is 0.408 e. The van der Waals surface area contributed by atoms with Crippen molar-refractivity contribution in [2.45, 2.75) is 38.3 Å². The minimum Gasteiger partial charge on any atom is -0.408 e. The summed E-state index contributed by atoms with van der Waals surface area (Å²) in [5.74, 6) is -1.11. The molecule has 1 aliphatic heterocycles. The van der Waals surface area contributed by atoms with Gasteiger partial charge in [-0.3, -0.25) is 9.36 Å². The summed E-state index contributed by atoms with van der Waals surface area (Å²) in [5, 5.41) is 11.8. The van der Waals surface area contributed by atoms with Crippen LogP contribution in [-0.2, 0) is 27.2 Å². The molecule has 216 valence electrons. The van der Waals surface area contributed by atoms with Crippen molar-refractivity contribution in [1.29, 1.82) is 5.26 Å². The lowest BCUT2D eigenvalue weighted by Gasteiger charge is -2.18. The number of hydrogen-bond acceptors (Lipinski definition) is 8. The van der Waals surface area contributed by atoms with Crippen molar-refractivity contribution in [3.8, 4) is 17.2 Å². The quantitative estimate of drug-likeness (QED) is 0.390. The average molecular weight is 556 g/mol. The number of nitrogens with one attached hydrogen (secondary N) is 1. The van der Waals surface area contributed by atoms with Crippen molar-refractivity contribution in [3.63, 3.8) is 0 Å². The summed E-state index contributed by atoms with van der Waals surface area (Å²) in [4.78, 5) is 25.0. The number of nitrogens with zero attached hydrogens (tertiary/aromatic N) is 3. The summed E-state index contributed by atoms with van der Waals surface area (Å²) >= 11 is 0. The number of aryl methyl sites for hydroxylation is 1. The molecular weight excluding hydrogens is 517 g/mol. The number of ether oxygens (including phenoxy) is 2. The van der Waals surface area contributed by atoms with Crippen LogP contribution < -0.4 is 16.8 Å². The van der Waals surface area contributed by atoms with Crippen LogP contribution in [0.25, 0.3) is 22.2 Å². The van der Waals surface area contributed by atoms with Crippen molar-refractivity contribution in [2.75, 3.05) is 53.6 Å². The van der Waals surface area contributed by atoms with Gasteiger partial charge in [0.05, 0.1) is 18.2 Å². The third-order valence-electron chi connectivity index (χ3n) is 6.66. The number of nitriles is 1. The zero-order valence-electron chi connectivity index (χ0n) is 23.2. The van der Waals surface area contributed by atoms with Crippen LogP contribution in [-0.4, -0.2) is 75.0 Å². The average Bonchev–Trinajstić information content (AvgIpc) is 3.23. The first-order chi connectivity index (χ1) is 19.3. The first kappa shape index (κ1) is 31.0. The zero-order chi connectivity index (χ0) is 28.9. The van der Waals surface area contributed by atoms with Gasteiger partial charge < -0.3 is 29.8 Å². The Morgan fingerprint density at radius 1 is 1.25 bits per heavy atom. The van der Waals surface area contributed by atoms with E-state index >= 15 is 0 Å². The molecule has 0 bridgehead atoms. The van der Waals surface area contributed by atoms with Crippen molar-refractivity contribution >= 4 is 17.0 Å². The number of primary amides is 1. The van der Waals surface area contributed by atoms with Crippen molar-refractivity contribution in [2.24, 2.45) is 5.73 Å². The molecule has 1 aliphatic rings. The lowest BCUT2D eigenvalue weighted by atomic mass is 10.0. The second-order valence-electron chi connectivity index (χ2n) is 9.64. The number of nitrogens with two attached hydrogens (primary N) is 1. The Morgan fingerprint density at radius 2 is 2.02 bits per heavy atom. The van der Waals surface area contributed by atoms with E-state index in [2.05, 4.69) is 10.2 Å². The van der Waals surface area contributed by atoms with E-state index in [4.69, 9.17) is 24.9 Å². The molecule has 1 fully saturated rings. The zero-order valence-corrected chi connectivity index (χ0v) is 23.2. The monoisotopic (exact) mass is 555 g/mol. The van der Waals surface area contributed by atoms with E-state index < -0.39 is 11.9 Å². The van der Waals surface area contributed by atoms with E-state index in [1.54, 1.807) is 23.8 Å². The normalized spacial score (nSPS) is 15.6. The Labute approximate surface area is 233 Å². The number of rotatable bonds is 10. The highest BCUT2D eigenvalue weighted by Crippen LogP contribution is 2.26. The van der Waals surface area contributed by atoms with Gasteiger partial charge in [0.2, 0.25) is 5.91 Å². The van der Waals surface area contributed by atoms with E-state index in [1.807, 2.05) is 31.3 Å². The van der Waals surface area contributed by atoms with E-state index in [0.29, 0.717) is 61.5 Å². The molecule has 1 aromatic heterocycles. The van der Waals surface area contributed by atoms with Crippen LogP contribution in [0.5, 0.6) is 0 Å². The highest BCUT2D eigenvalue weighted by atomic mass is 19.1. The predicted octanol–water partition coefficient (Wildman–Crippen LogP) is 2.68. The molecule has 0 aliphatic carbocycles. The van der Waals surface area contributed by atoms with Crippen molar-refractivity contribution in [3.05, 3.63) is 58.3 Å². The van der Waals surface area contributed by atoms with Crippen molar-refractivity contribution < 1.29 is 23.1 Å². The minimum absolute atomic E-state index is 0.280. The summed E-state index contributed by atoms with van der Waals surface area (Å²) in [6, 6.07) is 12.4. The summed E-state index contributed by atoms with van der Waals surface area (Å²) in [6.45, 7) is 4.69. The maximum Gasteiger partial charge on any atom is 0.419 e. The molecule has 0 saturated carbocycles. The Balaban J connectivity index is 0.000000336. The van der Waals surface area contributed by atoms with Gasteiger partial charge in [0.15, 0.2) is 5.58 Å². The number of carbonyl (C=O) groups is 1. The number of oxazole rings is 1. The molecule has 40 heavy (non-hydrogen) atoms. The van der Waals surface area contributed by atoms with Crippen LogP contribution in [0.15, 0.2) is 45.6 Å². The van der Waals surface area contributed by atoms with Crippen LogP contribution in [0.1, 0.15) is 24.8 Å². The summed E-state index contributed by atoms with van der Waals surface area (Å²) < 4.78 is 31.6. The number of carbonyl (C=O) groups excluding carboxylic acids is 1. The summed E-state index contributed by atoms with van der Waals surface area (Å²) in [7, 11) is 3.62. The van der Waals surface area contributed by atoms with Gasteiger partial charge in [0, 0.05) is 46.3 Å². The molecule has 1 unspecified atom stereocenters. The van der Waals surface area contributed by atoms with Gasteiger partial charge >= 0.3 is 5.76 Å². The molecule has 1 amide bonds. The maximum absolute atomic E-state index is 14.4. The number of halogens is 1. The maximum atomic E-state index is 14.4. The topological polar surface area (TPSA) is 136 Å². The minimum atomic E-state index is -0.435. The second-order valence-corrected chi connectivity index (χ2v) is 9.64. The first-order valence-corrected chi connectivity index (χ1v) is 13.4. The Kier molecular flexibility index (Phi) is 12.3. The fourth-order valence-corrected chi connectivity index (χ4v) is 4.26. The largest absolute Gasteiger partial charge is 0.419 e. The number of aromatic nitrogens is 1. The molecule has 0 spiro atoms. The number of likely N-dealkylation sites (N-methyl/N-ethyl adjacent to an activating group) is 1.